The molecule has 1 saturated heterocycles. The predicted octanol–water partition coefficient (Wildman–Crippen LogP) is 2.17. The van der Waals surface area contributed by atoms with Gasteiger partial charge in [-0.1, -0.05) is 12.1 Å². The second kappa shape index (κ2) is 10.8. The summed E-state index contributed by atoms with van der Waals surface area (Å²) in [7, 11) is 4.09. The Morgan fingerprint density at radius 2 is 2.12 bits per heavy atom. The molecule has 1 aliphatic heterocycles. The van der Waals surface area contributed by atoms with Gasteiger partial charge in [0, 0.05) is 33.2 Å². The molecule has 1 N–H and O–H groups in total. The number of hydrogen-bond donors (Lipinski definition) is 1. The van der Waals surface area contributed by atoms with Crippen LogP contribution in [0.2, 0.25) is 0 Å². The maximum atomic E-state index is 13.0. The molecular weight excluding hydrogens is 422 g/mol. The van der Waals surface area contributed by atoms with Gasteiger partial charge in [-0.3, -0.25) is 4.99 Å². The van der Waals surface area contributed by atoms with Gasteiger partial charge in [-0.2, -0.15) is 0 Å². The molecule has 0 amide bonds. The molecule has 7 heteroatoms. The van der Waals surface area contributed by atoms with Gasteiger partial charge in [0.2, 0.25) is 0 Å². The second-order valence-electron chi connectivity index (χ2n) is 5.93. The van der Waals surface area contributed by atoms with Gasteiger partial charge in [0.1, 0.15) is 5.82 Å². The first-order valence-corrected chi connectivity index (χ1v) is 8.12. The van der Waals surface area contributed by atoms with Crippen LogP contribution < -0.4 is 5.32 Å². The lowest BCUT2D eigenvalue weighted by molar-refractivity contribution is -0.0137. The smallest absolute Gasteiger partial charge is 0.194 e. The van der Waals surface area contributed by atoms with Gasteiger partial charge < -0.3 is 19.9 Å². The summed E-state index contributed by atoms with van der Waals surface area (Å²) < 4.78 is 18.7. The molecule has 1 aromatic rings. The van der Waals surface area contributed by atoms with Gasteiger partial charge in [-0.25, -0.2) is 4.39 Å². The number of rotatable bonds is 5. The van der Waals surface area contributed by atoms with E-state index in [2.05, 4.69) is 17.3 Å². The van der Waals surface area contributed by atoms with Crippen molar-refractivity contribution in [2.45, 2.75) is 19.6 Å². The van der Waals surface area contributed by atoms with Crippen LogP contribution in [0.1, 0.15) is 12.5 Å². The van der Waals surface area contributed by atoms with Crippen LogP contribution in [0, 0.1) is 5.82 Å². The molecule has 0 aromatic heterocycles. The van der Waals surface area contributed by atoms with Crippen molar-refractivity contribution in [3.05, 3.63) is 35.6 Å². The van der Waals surface area contributed by atoms with Crippen LogP contribution in [0.4, 0.5) is 4.39 Å². The standard InChI is InChI=1S/C17H27FN4O.HI/c1-4-19-17(20-11-16-13-21(2)9-10-23-16)22(3)12-14-5-7-15(18)8-6-14;/h5-8,16H,4,9-13H2,1-3H3,(H,19,20);1H. The van der Waals surface area contributed by atoms with E-state index >= 15 is 0 Å². The zero-order valence-corrected chi connectivity index (χ0v) is 17.0. The van der Waals surface area contributed by atoms with E-state index in [9.17, 15) is 4.39 Å². The molecule has 1 atom stereocenters. The van der Waals surface area contributed by atoms with Crippen molar-refractivity contribution in [1.29, 1.82) is 0 Å². The van der Waals surface area contributed by atoms with Crippen LogP contribution in [-0.2, 0) is 11.3 Å². The Morgan fingerprint density at radius 1 is 1.42 bits per heavy atom. The lowest BCUT2D eigenvalue weighted by atomic mass is 10.2. The maximum Gasteiger partial charge on any atom is 0.194 e. The summed E-state index contributed by atoms with van der Waals surface area (Å²) >= 11 is 0. The van der Waals surface area contributed by atoms with Gasteiger partial charge in [0.15, 0.2) is 5.96 Å². The average molecular weight is 450 g/mol. The van der Waals surface area contributed by atoms with E-state index in [0.29, 0.717) is 13.1 Å². The van der Waals surface area contributed by atoms with Gasteiger partial charge in [-0.05, 0) is 31.7 Å². The molecule has 1 fully saturated rings. The number of nitrogens with zero attached hydrogens (tertiary/aromatic N) is 3. The van der Waals surface area contributed by atoms with E-state index in [1.807, 2.05) is 18.9 Å². The zero-order valence-electron chi connectivity index (χ0n) is 14.7. The summed E-state index contributed by atoms with van der Waals surface area (Å²) in [6, 6.07) is 6.57. The molecule has 1 aliphatic rings. The Balaban J connectivity index is 0.00000288. The van der Waals surface area contributed by atoms with Gasteiger partial charge >= 0.3 is 0 Å². The van der Waals surface area contributed by atoms with Crippen LogP contribution in [-0.4, -0.2) is 68.7 Å². The van der Waals surface area contributed by atoms with Crippen molar-refractivity contribution in [1.82, 2.24) is 15.1 Å². The average Bonchev–Trinajstić information content (AvgIpc) is 2.53. The van der Waals surface area contributed by atoms with Crippen molar-refractivity contribution in [3.63, 3.8) is 0 Å². The monoisotopic (exact) mass is 450 g/mol. The fourth-order valence-electron chi connectivity index (χ4n) is 2.57. The Hall–Kier alpha value is -0.930. The Bertz CT molecular complexity index is 512. The largest absolute Gasteiger partial charge is 0.374 e. The third kappa shape index (κ3) is 6.90. The first-order chi connectivity index (χ1) is 11.1. The SMILES string of the molecule is CCNC(=NCC1CN(C)CCO1)N(C)Cc1ccc(F)cc1.I. The molecule has 1 aromatic carbocycles. The minimum Gasteiger partial charge on any atom is -0.374 e. The van der Waals surface area contributed by atoms with Crippen LogP contribution in [0.3, 0.4) is 0 Å². The number of aliphatic imine (C=N–C) groups is 1. The molecule has 1 unspecified atom stereocenters. The summed E-state index contributed by atoms with van der Waals surface area (Å²) in [6.07, 6.45) is 0.140. The highest BCUT2D eigenvalue weighted by Gasteiger charge is 2.17. The molecule has 136 valence electrons. The first kappa shape index (κ1) is 21.1. The number of guanidine groups is 1. The molecule has 0 aliphatic carbocycles. The maximum absolute atomic E-state index is 13.0. The molecule has 5 nitrogen and oxygen atoms in total. The minimum absolute atomic E-state index is 0. The summed E-state index contributed by atoms with van der Waals surface area (Å²) in [6.45, 7) is 6.82. The van der Waals surface area contributed by atoms with E-state index in [0.717, 1.165) is 37.8 Å². The van der Waals surface area contributed by atoms with Crippen molar-refractivity contribution in [3.8, 4) is 0 Å². The van der Waals surface area contributed by atoms with Gasteiger partial charge in [0.25, 0.3) is 0 Å². The quantitative estimate of drug-likeness (QED) is 0.424. The van der Waals surface area contributed by atoms with Crippen LogP contribution in [0.25, 0.3) is 0 Å². The number of likely N-dealkylation sites (N-methyl/N-ethyl adjacent to an activating group) is 1. The Morgan fingerprint density at radius 3 is 2.75 bits per heavy atom. The number of halogens is 2. The first-order valence-electron chi connectivity index (χ1n) is 8.12. The van der Waals surface area contributed by atoms with Crippen LogP contribution >= 0.6 is 24.0 Å². The van der Waals surface area contributed by atoms with Crippen molar-refractivity contribution in [2.75, 3.05) is 46.9 Å². The fraction of sp³-hybridized carbons (Fsp3) is 0.588. The number of benzene rings is 1. The summed E-state index contributed by atoms with van der Waals surface area (Å²) in [4.78, 5) is 9.00. The van der Waals surface area contributed by atoms with Crippen LogP contribution in [0.15, 0.2) is 29.3 Å². The van der Waals surface area contributed by atoms with Crippen LogP contribution in [0.5, 0.6) is 0 Å². The molecular formula is C17H28FIN4O. The number of ether oxygens (including phenoxy) is 1. The van der Waals surface area contributed by atoms with E-state index in [1.54, 1.807) is 12.1 Å². The topological polar surface area (TPSA) is 40.1 Å². The summed E-state index contributed by atoms with van der Waals surface area (Å²) in [5.41, 5.74) is 1.05. The third-order valence-electron chi connectivity index (χ3n) is 3.82. The van der Waals surface area contributed by atoms with Gasteiger partial charge in [-0.15, -0.1) is 24.0 Å². The number of nitrogens with one attached hydrogen (secondary N) is 1. The minimum atomic E-state index is -0.212. The van der Waals surface area contributed by atoms with Gasteiger partial charge in [0.05, 0.1) is 19.3 Å². The van der Waals surface area contributed by atoms with Crippen molar-refractivity contribution >= 4 is 29.9 Å². The van der Waals surface area contributed by atoms with E-state index in [-0.39, 0.29) is 35.9 Å². The lowest BCUT2D eigenvalue weighted by Crippen LogP contribution is -2.43. The molecule has 1 heterocycles. The number of morpholine rings is 1. The van der Waals surface area contributed by atoms with E-state index < -0.39 is 0 Å². The normalized spacial score (nSPS) is 18.8. The molecule has 0 radical (unpaired) electrons. The molecule has 0 spiro atoms. The van der Waals surface area contributed by atoms with E-state index in [4.69, 9.17) is 9.73 Å². The highest BCUT2D eigenvalue weighted by Crippen LogP contribution is 2.07. The third-order valence-corrected chi connectivity index (χ3v) is 3.82. The number of hydrogen-bond acceptors (Lipinski definition) is 3. The zero-order chi connectivity index (χ0) is 16.7. The Labute approximate surface area is 161 Å². The summed E-state index contributed by atoms with van der Waals surface area (Å²) in [5, 5.41) is 3.30. The fourth-order valence-corrected chi connectivity index (χ4v) is 2.57. The highest BCUT2D eigenvalue weighted by atomic mass is 127. The molecule has 0 bridgehead atoms. The lowest BCUT2D eigenvalue weighted by Gasteiger charge is -2.29. The summed E-state index contributed by atoms with van der Waals surface area (Å²) in [5.74, 6) is 0.629. The van der Waals surface area contributed by atoms with E-state index in [1.165, 1.54) is 12.1 Å². The Kier molecular flexibility index (Phi) is 9.53. The highest BCUT2D eigenvalue weighted by molar-refractivity contribution is 14.0. The molecule has 24 heavy (non-hydrogen) atoms. The molecule has 2 rings (SSSR count). The molecule has 0 saturated carbocycles. The van der Waals surface area contributed by atoms with Crippen molar-refractivity contribution < 1.29 is 9.13 Å². The van der Waals surface area contributed by atoms with Crippen molar-refractivity contribution in [2.24, 2.45) is 4.99 Å². The second-order valence-corrected chi connectivity index (χ2v) is 5.93. The predicted molar refractivity (Wildman–Crippen MR) is 106 cm³/mol.